The minimum absolute atomic E-state index is 0.0384. The summed E-state index contributed by atoms with van der Waals surface area (Å²) in [4.78, 5) is 23.8. The predicted molar refractivity (Wildman–Crippen MR) is 90.0 cm³/mol. The molecule has 0 saturated carbocycles. The molecule has 0 spiro atoms. The summed E-state index contributed by atoms with van der Waals surface area (Å²) in [6, 6.07) is 6.54. The van der Waals surface area contributed by atoms with Gasteiger partial charge in [0.2, 0.25) is 11.2 Å². The number of rotatable bonds is 3. The van der Waals surface area contributed by atoms with Crippen LogP contribution in [0.4, 0.5) is 17.6 Å². The maximum atomic E-state index is 13.5. The monoisotopic (exact) mass is 396 g/mol. The van der Waals surface area contributed by atoms with Gasteiger partial charge in [0.25, 0.3) is 5.76 Å². The topological polar surface area (TPSA) is 65.7 Å². The Kier molecular flexibility index (Phi) is 4.84. The van der Waals surface area contributed by atoms with E-state index in [1.807, 2.05) is 0 Å². The molecule has 0 atom stereocenters. The fourth-order valence-corrected chi connectivity index (χ4v) is 2.52. The van der Waals surface area contributed by atoms with Crippen LogP contribution < -0.4 is 14.9 Å². The molecule has 0 saturated heterocycles. The summed E-state index contributed by atoms with van der Waals surface area (Å²) in [7, 11) is 0. The van der Waals surface area contributed by atoms with Crippen LogP contribution in [0.5, 0.6) is 17.2 Å². The van der Waals surface area contributed by atoms with Crippen molar-refractivity contribution in [3.8, 4) is 17.2 Å². The van der Waals surface area contributed by atoms with E-state index in [-0.39, 0.29) is 28.0 Å². The van der Waals surface area contributed by atoms with Crippen LogP contribution in [0.25, 0.3) is 11.0 Å². The fourth-order valence-electron chi connectivity index (χ4n) is 2.52. The molecule has 0 aliphatic carbocycles. The van der Waals surface area contributed by atoms with Crippen molar-refractivity contribution in [3.05, 3.63) is 63.8 Å². The number of fused-ring (bicyclic) bond motifs is 1. The number of hydrogen-bond acceptors (Lipinski definition) is 5. The highest BCUT2D eigenvalue weighted by molar-refractivity contribution is 5.84. The van der Waals surface area contributed by atoms with E-state index >= 15 is 0 Å². The highest BCUT2D eigenvalue weighted by atomic mass is 19.4. The van der Waals surface area contributed by atoms with Crippen molar-refractivity contribution in [3.63, 3.8) is 0 Å². The molecule has 0 bridgehead atoms. The number of carbonyl (C=O) groups is 1. The lowest BCUT2D eigenvalue weighted by Gasteiger charge is -2.15. The first-order valence-electron chi connectivity index (χ1n) is 7.87. The molecule has 0 N–H and O–H groups in total. The highest BCUT2D eigenvalue weighted by Gasteiger charge is 2.41. The molecule has 3 rings (SSSR count). The molecule has 9 heteroatoms. The molecule has 0 fully saturated rings. The van der Waals surface area contributed by atoms with E-state index in [0.29, 0.717) is 0 Å². The SMILES string of the molecule is CC(=O)Oc1ccc2c(=O)c(Oc3ccc(F)cc3)c(C(F)(F)F)oc2c1C. The predicted octanol–water partition coefficient (Wildman–Crippen LogP) is 4.98. The van der Waals surface area contributed by atoms with Crippen LogP contribution >= 0.6 is 0 Å². The van der Waals surface area contributed by atoms with Gasteiger partial charge in [0.15, 0.2) is 0 Å². The van der Waals surface area contributed by atoms with Crippen LogP contribution in [0.15, 0.2) is 45.6 Å². The van der Waals surface area contributed by atoms with Crippen molar-refractivity contribution in [2.75, 3.05) is 0 Å². The van der Waals surface area contributed by atoms with Crippen LogP contribution in [0.1, 0.15) is 18.2 Å². The first-order valence-corrected chi connectivity index (χ1v) is 7.87. The molecule has 5 nitrogen and oxygen atoms in total. The smallest absolute Gasteiger partial charge is 0.449 e. The van der Waals surface area contributed by atoms with Crippen molar-refractivity contribution in [2.24, 2.45) is 0 Å². The van der Waals surface area contributed by atoms with Crippen LogP contribution in [-0.4, -0.2) is 5.97 Å². The second-order valence-electron chi connectivity index (χ2n) is 5.80. The Hall–Kier alpha value is -3.36. The lowest BCUT2D eigenvalue weighted by molar-refractivity contribution is -0.154. The molecule has 1 aromatic heterocycles. The van der Waals surface area contributed by atoms with Crippen LogP contribution in [0, 0.1) is 12.7 Å². The number of carbonyl (C=O) groups excluding carboxylic acids is 1. The zero-order chi connectivity index (χ0) is 20.6. The molecule has 1 heterocycles. The van der Waals surface area contributed by atoms with Gasteiger partial charge in [-0.1, -0.05) is 0 Å². The normalized spacial score (nSPS) is 11.5. The van der Waals surface area contributed by atoms with Gasteiger partial charge in [0.05, 0.1) is 5.39 Å². The van der Waals surface area contributed by atoms with Gasteiger partial charge in [-0.25, -0.2) is 4.39 Å². The lowest BCUT2D eigenvalue weighted by atomic mass is 10.1. The summed E-state index contributed by atoms with van der Waals surface area (Å²) in [6.45, 7) is 2.48. The molecule has 0 radical (unpaired) electrons. The van der Waals surface area contributed by atoms with Crippen molar-refractivity contribution in [1.29, 1.82) is 0 Å². The minimum atomic E-state index is -5.05. The average molecular weight is 396 g/mol. The second-order valence-corrected chi connectivity index (χ2v) is 5.80. The lowest BCUT2D eigenvalue weighted by Crippen LogP contribution is -2.16. The molecular formula is C19H12F4O5. The van der Waals surface area contributed by atoms with E-state index in [1.54, 1.807) is 0 Å². The maximum Gasteiger partial charge on any atom is 0.453 e. The quantitative estimate of drug-likeness (QED) is 0.355. The van der Waals surface area contributed by atoms with E-state index in [2.05, 4.69) is 0 Å². The Balaban J connectivity index is 2.25. The summed E-state index contributed by atoms with van der Waals surface area (Å²) in [6.07, 6.45) is -5.05. The van der Waals surface area contributed by atoms with Gasteiger partial charge in [-0.2, -0.15) is 13.2 Å². The third kappa shape index (κ3) is 3.68. The Labute approximate surface area is 155 Å². The standard InChI is InChI=1S/C19H12F4O5/c1-9-14(26-10(2)24)8-7-13-15(25)17(18(19(21,22)23)28-16(9)13)27-12-5-3-11(20)4-6-12/h3-8H,1-2H3. The second kappa shape index (κ2) is 6.99. The van der Waals surface area contributed by atoms with E-state index in [9.17, 15) is 27.2 Å². The first kappa shape index (κ1) is 19.4. The molecule has 0 unspecified atom stereocenters. The van der Waals surface area contributed by atoms with Crippen molar-refractivity contribution < 1.29 is 36.2 Å². The molecule has 0 amide bonds. The zero-order valence-electron chi connectivity index (χ0n) is 14.5. The number of ether oxygens (including phenoxy) is 2. The van der Waals surface area contributed by atoms with E-state index < -0.39 is 34.9 Å². The third-order valence-electron chi connectivity index (χ3n) is 3.76. The number of halogens is 4. The Morgan fingerprint density at radius 3 is 2.29 bits per heavy atom. The highest BCUT2D eigenvalue weighted by Crippen LogP contribution is 2.39. The van der Waals surface area contributed by atoms with Gasteiger partial charge in [-0.05, 0) is 43.3 Å². The minimum Gasteiger partial charge on any atom is -0.449 e. The Morgan fingerprint density at radius 1 is 1.07 bits per heavy atom. The van der Waals surface area contributed by atoms with Gasteiger partial charge >= 0.3 is 12.1 Å². The molecule has 2 aromatic carbocycles. The first-order chi connectivity index (χ1) is 13.1. The number of alkyl halides is 3. The number of aryl methyl sites for hydroxylation is 1. The summed E-state index contributed by atoms with van der Waals surface area (Å²) in [5, 5.41) is -0.196. The van der Waals surface area contributed by atoms with E-state index in [0.717, 1.165) is 31.2 Å². The Bertz CT molecular complexity index is 1110. The molecule has 28 heavy (non-hydrogen) atoms. The molecule has 146 valence electrons. The number of benzene rings is 2. The molecular weight excluding hydrogens is 384 g/mol. The third-order valence-corrected chi connectivity index (χ3v) is 3.76. The van der Waals surface area contributed by atoms with Gasteiger partial charge in [0.1, 0.15) is 22.9 Å². The molecule has 0 aliphatic rings. The summed E-state index contributed by atoms with van der Waals surface area (Å²) in [5.41, 5.74) is -1.42. The van der Waals surface area contributed by atoms with Crippen LogP contribution in [-0.2, 0) is 11.0 Å². The van der Waals surface area contributed by atoms with Crippen molar-refractivity contribution in [1.82, 2.24) is 0 Å². The van der Waals surface area contributed by atoms with Crippen molar-refractivity contribution >= 4 is 16.9 Å². The summed E-state index contributed by atoms with van der Waals surface area (Å²) in [5.74, 6) is -4.25. The van der Waals surface area contributed by atoms with Gasteiger partial charge < -0.3 is 13.9 Å². The number of hydrogen-bond donors (Lipinski definition) is 0. The number of esters is 1. The van der Waals surface area contributed by atoms with Crippen LogP contribution in [0.3, 0.4) is 0 Å². The molecule has 3 aromatic rings. The van der Waals surface area contributed by atoms with Crippen LogP contribution in [0.2, 0.25) is 0 Å². The largest absolute Gasteiger partial charge is 0.453 e. The Morgan fingerprint density at radius 2 is 1.71 bits per heavy atom. The summed E-state index contributed by atoms with van der Waals surface area (Å²) < 4.78 is 68.5. The van der Waals surface area contributed by atoms with E-state index in [4.69, 9.17) is 13.9 Å². The zero-order valence-corrected chi connectivity index (χ0v) is 14.5. The maximum absolute atomic E-state index is 13.5. The summed E-state index contributed by atoms with van der Waals surface area (Å²) >= 11 is 0. The fraction of sp³-hybridized carbons (Fsp3) is 0.158. The van der Waals surface area contributed by atoms with E-state index in [1.165, 1.54) is 19.1 Å². The van der Waals surface area contributed by atoms with Gasteiger partial charge in [-0.3, -0.25) is 9.59 Å². The van der Waals surface area contributed by atoms with Gasteiger partial charge in [-0.15, -0.1) is 0 Å². The van der Waals surface area contributed by atoms with Gasteiger partial charge in [0, 0.05) is 12.5 Å². The molecule has 0 aliphatic heterocycles. The average Bonchev–Trinajstić information content (AvgIpc) is 2.60. The van der Waals surface area contributed by atoms with Crippen molar-refractivity contribution in [2.45, 2.75) is 20.0 Å².